The first kappa shape index (κ1) is 18.7. The molecule has 1 fully saturated rings. The number of carbonyl (C=O) groups is 1. The molecule has 0 spiro atoms. The number of nitrogens with two attached hydrogens (primary N) is 1. The first-order valence-corrected chi connectivity index (χ1v) is 7.57. The minimum atomic E-state index is -0.267. The van der Waals surface area contributed by atoms with E-state index in [4.69, 9.17) is 10.5 Å². The summed E-state index contributed by atoms with van der Waals surface area (Å²) in [5.74, 6) is 0.620. The molecule has 1 aromatic carbocycles. The van der Waals surface area contributed by atoms with E-state index in [9.17, 15) is 9.18 Å². The van der Waals surface area contributed by atoms with E-state index in [0.29, 0.717) is 18.9 Å². The van der Waals surface area contributed by atoms with E-state index < -0.39 is 0 Å². The highest BCUT2D eigenvalue weighted by Crippen LogP contribution is 2.23. The van der Waals surface area contributed by atoms with Gasteiger partial charge in [0.05, 0.1) is 6.61 Å². The predicted octanol–water partition coefficient (Wildman–Crippen LogP) is 2.65. The number of benzene rings is 1. The second kappa shape index (κ2) is 9.64. The Hall–Kier alpha value is -1.33. The van der Waals surface area contributed by atoms with E-state index in [-0.39, 0.29) is 36.1 Å². The Kier molecular flexibility index (Phi) is 8.20. The van der Waals surface area contributed by atoms with Gasteiger partial charge in [-0.05, 0) is 56.4 Å². The summed E-state index contributed by atoms with van der Waals surface area (Å²) in [6.45, 7) is 1.23. The molecule has 1 aromatic rings. The second-order valence-electron chi connectivity index (χ2n) is 5.57. The lowest BCUT2D eigenvalue weighted by Crippen LogP contribution is -2.31. The summed E-state index contributed by atoms with van der Waals surface area (Å²) in [4.78, 5) is 11.8. The molecule has 3 N–H and O–H groups in total. The molecular weight excluding hydrogens is 307 g/mol. The Morgan fingerprint density at radius 3 is 2.64 bits per heavy atom. The van der Waals surface area contributed by atoms with Crippen molar-refractivity contribution in [3.05, 3.63) is 30.1 Å². The molecule has 0 aromatic heterocycles. The van der Waals surface area contributed by atoms with Gasteiger partial charge >= 0.3 is 0 Å². The molecule has 0 heterocycles. The zero-order chi connectivity index (χ0) is 15.1. The highest BCUT2D eigenvalue weighted by molar-refractivity contribution is 5.85. The van der Waals surface area contributed by atoms with Gasteiger partial charge in [0.15, 0.2) is 0 Å². The average molecular weight is 331 g/mol. The number of hydrogen-bond donors (Lipinski definition) is 2. The fourth-order valence-corrected chi connectivity index (χ4v) is 2.56. The lowest BCUT2D eigenvalue weighted by Gasteiger charge is -2.11. The monoisotopic (exact) mass is 330 g/mol. The van der Waals surface area contributed by atoms with Crippen molar-refractivity contribution in [2.75, 3.05) is 13.2 Å². The van der Waals surface area contributed by atoms with Crippen molar-refractivity contribution < 1.29 is 13.9 Å². The predicted molar refractivity (Wildman–Crippen MR) is 86.7 cm³/mol. The van der Waals surface area contributed by atoms with Gasteiger partial charge in [-0.1, -0.05) is 0 Å². The van der Waals surface area contributed by atoms with Gasteiger partial charge in [-0.3, -0.25) is 4.79 Å². The highest BCUT2D eigenvalue weighted by atomic mass is 35.5. The third-order valence-electron chi connectivity index (χ3n) is 3.80. The largest absolute Gasteiger partial charge is 0.494 e. The summed E-state index contributed by atoms with van der Waals surface area (Å²) < 4.78 is 18.2. The van der Waals surface area contributed by atoms with E-state index in [1.54, 1.807) is 12.1 Å². The number of unbranched alkanes of at least 4 members (excludes halogenated alkanes) is 1. The van der Waals surface area contributed by atoms with Gasteiger partial charge in [0.25, 0.3) is 0 Å². The maximum absolute atomic E-state index is 12.7. The van der Waals surface area contributed by atoms with Crippen LogP contribution in [-0.4, -0.2) is 25.1 Å². The summed E-state index contributed by atoms with van der Waals surface area (Å²) in [6, 6.07) is 6.16. The topological polar surface area (TPSA) is 64.4 Å². The molecule has 2 unspecified atom stereocenters. The van der Waals surface area contributed by atoms with Crippen LogP contribution >= 0.6 is 12.4 Å². The molecular formula is C16H24ClFN2O2. The molecule has 6 heteroatoms. The summed E-state index contributed by atoms with van der Waals surface area (Å²) in [7, 11) is 0. The maximum atomic E-state index is 12.7. The van der Waals surface area contributed by atoms with Gasteiger partial charge in [-0.2, -0.15) is 0 Å². The molecule has 0 aliphatic heterocycles. The first-order chi connectivity index (χ1) is 10.1. The fraction of sp³-hybridized carbons (Fsp3) is 0.562. The van der Waals surface area contributed by atoms with E-state index in [0.717, 1.165) is 32.1 Å². The highest BCUT2D eigenvalue weighted by Gasteiger charge is 2.27. The van der Waals surface area contributed by atoms with Crippen molar-refractivity contribution in [3.63, 3.8) is 0 Å². The lowest BCUT2D eigenvalue weighted by atomic mass is 10.1. The molecule has 1 amide bonds. The number of hydrogen-bond acceptors (Lipinski definition) is 3. The van der Waals surface area contributed by atoms with Crippen LogP contribution in [0.3, 0.4) is 0 Å². The number of nitrogens with one attached hydrogen (secondary N) is 1. The molecule has 1 aliphatic carbocycles. The molecule has 4 nitrogen and oxygen atoms in total. The second-order valence-corrected chi connectivity index (χ2v) is 5.57. The van der Waals surface area contributed by atoms with Crippen LogP contribution in [0.15, 0.2) is 24.3 Å². The molecule has 2 rings (SSSR count). The average Bonchev–Trinajstić information content (AvgIpc) is 2.91. The van der Waals surface area contributed by atoms with Crippen molar-refractivity contribution in [2.45, 2.75) is 38.1 Å². The number of amides is 1. The van der Waals surface area contributed by atoms with Crippen molar-refractivity contribution in [1.29, 1.82) is 0 Å². The van der Waals surface area contributed by atoms with Crippen molar-refractivity contribution in [2.24, 2.45) is 11.7 Å². The molecule has 0 saturated heterocycles. The Balaban J connectivity index is 0.00000242. The minimum absolute atomic E-state index is 0. The van der Waals surface area contributed by atoms with E-state index >= 15 is 0 Å². The van der Waals surface area contributed by atoms with Gasteiger partial charge in [0, 0.05) is 18.5 Å². The van der Waals surface area contributed by atoms with Crippen LogP contribution in [0.1, 0.15) is 32.1 Å². The Morgan fingerprint density at radius 2 is 2.00 bits per heavy atom. The van der Waals surface area contributed by atoms with Crippen LogP contribution in [0.5, 0.6) is 5.75 Å². The van der Waals surface area contributed by atoms with Crippen LogP contribution in [0.4, 0.5) is 4.39 Å². The summed E-state index contributed by atoms with van der Waals surface area (Å²) in [5, 5.41) is 2.95. The van der Waals surface area contributed by atoms with Crippen LogP contribution in [0, 0.1) is 11.7 Å². The number of carbonyl (C=O) groups excluding carboxylic acids is 1. The van der Waals surface area contributed by atoms with Crippen LogP contribution < -0.4 is 15.8 Å². The zero-order valence-corrected chi connectivity index (χ0v) is 13.4. The van der Waals surface area contributed by atoms with Crippen molar-refractivity contribution in [1.82, 2.24) is 5.32 Å². The first-order valence-electron chi connectivity index (χ1n) is 7.57. The van der Waals surface area contributed by atoms with Gasteiger partial charge in [-0.25, -0.2) is 4.39 Å². The van der Waals surface area contributed by atoms with E-state index in [1.807, 2.05) is 0 Å². The molecule has 1 saturated carbocycles. The van der Waals surface area contributed by atoms with Crippen LogP contribution in [0.25, 0.3) is 0 Å². The molecule has 124 valence electrons. The summed E-state index contributed by atoms with van der Waals surface area (Å²) >= 11 is 0. The summed E-state index contributed by atoms with van der Waals surface area (Å²) in [6.07, 6.45) is 4.37. The van der Waals surface area contributed by atoms with Gasteiger partial charge in [0.1, 0.15) is 11.6 Å². The van der Waals surface area contributed by atoms with Crippen LogP contribution in [0.2, 0.25) is 0 Å². The van der Waals surface area contributed by atoms with Crippen molar-refractivity contribution >= 4 is 18.3 Å². The van der Waals surface area contributed by atoms with Crippen LogP contribution in [-0.2, 0) is 4.79 Å². The zero-order valence-electron chi connectivity index (χ0n) is 12.6. The summed E-state index contributed by atoms with van der Waals surface area (Å²) in [5.41, 5.74) is 5.80. The minimum Gasteiger partial charge on any atom is -0.494 e. The molecule has 1 aliphatic rings. The number of rotatable bonds is 7. The Morgan fingerprint density at radius 1 is 1.27 bits per heavy atom. The SMILES string of the molecule is Cl.NC1CCC(C(=O)NCCCCOc2ccc(F)cc2)C1. The molecule has 2 atom stereocenters. The Labute approximate surface area is 137 Å². The molecule has 0 bridgehead atoms. The van der Waals surface area contributed by atoms with Gasteiger partial charge < -0.3 is 15.8 Å². The van der Waals surface area contributed by atoms with E-state index in [2.05, 4.69) is 5.32 Å². The van der Waals surface area contributed by atoms with Crippen molar-refractivity contribution in [3.8, 4) is 5.75 Å². The van der Waals surface area contributed by atoms with E-state index in [1.165, 1.54) is 12.1 Å². The third-order valence-corrected chi connectivity index (χ3v) is 3.80. The van der Waals surface area contributed by atoms with Gasteiger partial charge in [0.2, 0.25) is 5.91 Å². The molecule has 0 radical (unpaired) electrons. The quantitative estimate of drug-likeness (QED) is 0.755. The normalized spacial score (nSPS) is 20.3. The smallest absolute Gasteiger partial charge is 0.223 e. The number of halogens is 2. The maximum Gasteiger partial charge on any atom is 0.223 e. The van der Waals surface area contributed by atoms with Gasteiger partial charge in [-0.15, -0.1) is 12.4 Å². The fourth-order valence-electron chi connectivity index (χ4n) is 2.56. The third kappa shape index (κ3) is 6.20. The number of ether oxygens (including phenoxy) is 1. The standard InChI is InChI=1S/C16H23FN2O2.ClH/c17-13-4-7-15(8-5-13)21-10-2-1-9-19-16(20)12-3-6-14(18)11-12;/h4-5,7-8,12,14H,1-3,6,9-11,18H2,(H,19,20);1H. The lowest BCUT2D eigenvalue weighted by molar-refractivity contribution is -0.124. The Bertz CT molecular complexity index is 456. The molecule has 22 heavy (non-hydrogen) atoms.